The lowest BCUT2D eigenvalue weighted by Crippen LogP contribution is -2.44. The first-order valence-corrected chi connectivity index (χ1v) is 7.34. The second-order valence-electron chi connectivity index (χ2n) is 5.30. The van der Waals surface area contributed by atoms with Gasteiger partial charge in [-0.05, 0) is 17.5 Å². The lowest BCUT2D eigenvalue weighted by molar-refractivity contribution is -0.153. The summed E-state index contributed by atoms with van der Waals surface area (Å²) < 4.78 is 5.52. The molecule has 21 heavy (non-hydrogen) atoms. The van der Waals surface area contributed by atoms with Crippen LogP contribution in [0.3, 0.4) is 0 Å². The van der Waals surface area contributed by atoms with Gasteiger partial charge in [0.25, 0.3) is 0 Å². The molecule has 1 fully saturated rings. The first-order chi connectivity index (χ1) is 10.3. The van der Waals surface area contributed by atoms with E-state index in [0.717, 1.165) is 30.6 Å². The molecule has 0 bridgehead atoms. The lowest BCUT2D eigenvalue weighted by atomic mass is 10.0. The minimum Gasteiger partial charge on any atom is -0.459 e. The zero-order valence-electron chi connectivity index (χ0n) is 11.9. The summed E-state index contributed by atoms with van der Waals surface area (Å²) in [6, 6.07) is 19.4. The van der Waals surface area contributed by atoms with Crippen LogP contribution in [0.1, 0.15) is 23.6 Å². The van der Waals surface area contributed by atoms with Gasteiger partial charge < -0.3 is 4.74 Å². The first-order valence-electron chi connectivity index (χ1n) is 7.34. The highest BCUT2D eigenvalue weighted by molar-refractivity contribution is 5.77. The van der Waals surface area contributed by atoms with Gasteiger partial charge in [-0.3, -0.25) is 4.90 Å². The van der Waals surface area contributed by atoms with Crippen molar-refractivity contribution in [1.82, 2.24) is 4.90 Å². The van der Waals surface area contributed by atoms with Gasteiger partial charge in [0.05, 0.1) is 0 Å². The summed E-state index contributed by atoms with van der Waals surface area (Å²) >= 11 is 0. The van der Waals surface area contributed by atoms with Gasteiger partial charge in [-0.1, -0.05) is 60.7 Å². The van der Waals surface area contributed by atoms with Crippen molar-refractivity contribution < 1.29 is 9.53 Å². The van der Waals surface area contributed by atoms with E-state index in [1.807, 2.05) is 60.7 Å². The average Bonchev–Trinajstić information content (AvgIpc) is 2.50. The number of hydrogen-bond acceptors (Lipinski definition) is 3. The molecule has 1 saturated heterocycles. The van der Waals surface area contributed by atoms with Gasteiger partial charge in [-0.15, -0.1) is 0 Å². The first kappa shape index (κ1) is 13.8. The molecule has 2 aromatic carbocycles. The zero-order chi connectivity index (χ0) is 14.5. The molecule has 0 amide bonds. The van der Waals surface area contributed by atoms with Gasteiger partial charge in [0, 0.05) is 13.1 Å². The minimum atomic E-state index is -0.274. The smallest absolute Gasteiger partial charge is 0.328 e. The second kappa shape index (κ2) is 6.55. The predicted molar refractivity (Wildman–Crippen MR) is 81.6 cm³/mol. The van der Waals surface area contributed by atoms with E-state index in [2.05, 4.69) is 4.90 Å². The van der Waals surface area contributed by atoms with E-state index >= 15 is 0 Å². The maximum atomic E-state index is 12.5. The number of ether oxygens (including phenoxy) is 1. The number of esters is 1. The molecule has 0 radical (unpaired) electrons. The number of rotatable bonds is 5. The molecule has 108 valence electrons. The van der Waals surface area contributed by atoms with Gasteiger partial charge in [0.1, 0.15) is 12.6 Å². The molecule has 0 N–H and O–H groups in total. The Bertz CT molecular complexity index is 579. The van der Waals surface area contributed by atoms with Crippen molar-refractivity contribution in [3.8, 4) is 0 Å². The third-order valence-corrected chi connectivity index (χ3v) is 3.82. The summed E-state index contributed by atoms with van der Waals surface area (Å²) in [5, 5.41) is 0. The predicted octanol–water partition coefficient (Wildman–Crippen LogP) is 3.18. The molecule has 0 aromatic heterocycles. The summed E-state index contributed by atoms with van der Waals surface area (Å²) in [5.74, 6) is -0.162. The summed E-state index contributed by atoms with van der Waals surface area (Å²) in [5.41, 5.74) is 2.02. The molecule has 3 rings (SSSR count). The van der Waals surface area contributed by atoms with Crippen LogP contribution in [0.5, 0.6) is 0 Å². The number of hydrogen-bond donors (Lipinski definition) is 0. The molecule has 3 nitrogen and oxygen atoms in total. The fourth-order valence-electron chi connectivity index (χ4n) is 2.54. The van der Waals surface area contributed by atoms with Crippen molar-refractivity contribution in [3.05, 3.63) is 71.8 Å². The van der Waals surface area contributed by atoms with Crippen molar-refractivity contribution in [2.24, 2.45) is 0 Å². The average molecular weight is 281 g/mol. The van der Waals surface area contributed by atoms with Crippen molar-refractivity contribution in [2.75, 3.05) is 13.1 Å². The third kappa shape index (κ3) is 3.31. The Morgan fingerprint density at radius 2 is 1.62 bits per heavy atom. The van der Waals surface area contributed by atoms with E-state index in [4.69, 9.17) is 4.74 Å². The molecule has 3 heteroatoms. The molecule has 0 aliphatic carbocycles. The number of carbonyl (C=O) groups is 1. The van der Waals surface area contributed by atoms with Gasteiger partial charge in [-0.2, -0.15) is 0 Å². The van der Waals surface area contributed by atoms with Crippen LogP contribution in [0.2, 0.25) is 0 Å². The Morgan fingerprint density at radius 1 is 1.00 bits per heavy atom. The SMILES string of the molecule is O=C(OCc1ccccc1)[C@H](c1ccccc1)N1CCC1. The van der Waals surface area contributed by atoms with E-state index in [1.165, 1.54) is 0 Å². The Hall–Kier alpha value is -2.13. The highest BCUT2D eigenvalue weighted by Crippen LogP contribution is 2.27. The van der Waals surface area contributed by atoms with Crippen molar-refractivity contribution in [2.45, 2.75) is 19.1 Å². The standard InChI is InChI=1S/C18H19NO2/c20-18(21-14-15-8-3-1-4-9-15)17(19-12-7-13-19)16-10-5-2-6-11-16/h1-6,8-11,17H,7,12-14H2/t17-/m0/s1. The van der Waals surface area contributed by atoms with E-state index in [9.17, 15) is 4.79 Å². The largest absolute Gasteiger partial charge is 0.459 e. The summed E-state index contributed by atoms with van der Waals surface area (Å²) in [6.07, 6.45) is 1.15. The number of nitrogens with zero attached hydrogens (tertiary/aromatic N) is 1. The molecular formula is C18H19NO2. The summed E-state index contributed by atoms with van der Waals surface area (Å²) in [7, 11) is 0. The summed E-state index contributed by atoms with van der Waals surface area (Å²) in [4.78, 5) is 14.7. The van der Waals surface area contributed by atoms with E-state index < -0.39 is 0 Å². The van der Waals surface area contributed by atoms with Crippen LogP contribution in [0.25, 0.3) is 0 Å². The Balaban J connectivity index is 1.69. The van der Waals surface area contributed by atoms with Crippen LogP contribution in [0.4, 0.5) is 0 Å². The maximum Gasteiger partial charge on any atom is 0.328 e. The molecule has 0 unspecified atom stereocenters. The van der Waals surface area contributed by atoms with Crippen LogP contribution in [0.15, 0.2) is 60.7 Å². The molecular weight excluding hydrogens is 262 g/mol. The molecule has 1 atom stereocenters. The summed E-state index contributed by atoms with van der Waals surface area (Å²) in [6.45, 7) is 2.25. The molecule has 0 spiro atoms. The Morgan fingerprint density at radius 3 is 2.19 bits per heavy atom. The monoisotopic (exact) mass is 281 g/mol. The van der Waals surface area contributed by atoms with Gasteiger partial charge in [-0.25, -0.2) is 4.79 Å². The highest BCUT2D eigenvalue weighted by atomic mass is 16.5. The Labute approximate surface area is 125 Å². The number of benzene rings is 2. The van der Waals surface area contributed by atoms with Crippen LogP contribution in [-0.4, -0.2) is 24.0 Å². The van der Waals surface area contributed by atoms with Crippen LogP contribution >= 0.6 is 0 Å². The third-order valence-electron chi connectivity index (χ3n) is 3.82. The van der Waals surface area contributed by atoms with Crippen LogP contribution in [0, 0.1) is 0 Å². The Kier molecular flexibility index (Phi) is 4.31. The maximum absolute atomic E-state index is 12.5. The normalized spacial score (nSPS) is 16.0. The minimum absolute atomic E-state index is 0.162. The lowest BCUT2D eigenvalue weighted by Gasteiger charge is -2.37. The molecule has 2 aromatic rings. The van der Waals surface area contributed by atoms with Crippen LogP contribution < -0.4 is 0 Å². The van der Waals surface area contributed by atoms with Crippen LogP contribution in [-0.2, 0) is 16.1 Å². The van der Waals surface area contributed by atoms with Gasteiger partial charge in [0.15, 0.2) is 0 Å². The van der Waals surface area contributed by atoms with E-state index in [0.29, 0.717) is 6.61 Å². The van der Waals surface area contributed by atoms with E-state index in [-0.39, 0.29) is 12.0 Å². The number of carbonyl (C=O) groups excluding carboxylic acids is 1. The van der Waals surface area contributed by atoms with Gasteiger partial charge >= 0.3 is 5.97 Å². The second-order valence-corrected chi connectivity index (χ2v) is 5.30. The fourth-order valence-corrected chi connectivity index (χ4v) is 2.54. The number of likely N-dealkylation sites (tertiary alicyclic amines) is 1. The fraction of sp³-hybridized carbons (Fsp3) is 0.278. The molecule has 1 aliphatic rings. The van der Waals surface area contributed by atoms with Gasteiger partial charge in [0.2, 0.25) is 0 Å². The molecule has 0 saturated carbocycles. The topological polar surface area (TPSA) is 29.5 Å². The van der Waals surface area contributed by atoms with Crippen molar-refractivity contribution in [1.29, 1.82) is 0 Å². The molecule has 1 aliphatic heterocycles. The quantitative estimate of drug-likeness (QED) is 0.788. The highest BCUT2D eigenvalue weighted by Gasteiger charge is 2.32. The zero-order valence-corrected chi connectivity index (χ0v) is 11.9. The molecule has 1 heterocycles. The van der Waals surface area contributed by atoms with E-state index in [1.54, 1.807) is 0 Å². The van der Waals surface area contributed by atoms with Crippen molar-refractivity contribution in [3.63, 3.8) is 0 Å². The van der Waals surface area contributed by atoms with Crippen molar-refractivity contribution >= 4 is 5.97 Å².